The quantitative estimate of drug-likeness (QED) is 0.725. The van der Waals surface area contributed by atoms with Crippen LogP contribution < -0.4 is 10.1 Å². The second-order valence-corrected chi connectivity index (χ2v) is 5.52. The van der Waals surface area contributed by atoms with Crippen LogP contribution in [0.15, 0.2) is 24.3 Å². The van der Waals surface area contributed by atoms with E-state index in [1.807, 2.05) is 29.2 Å². The number of nitrogens with one attached hydrogen (secondary N) is 1. The smallest absolute Gasteiger partial charge is 0.253 e. The van der Waals surface area contributed by atoms with Gasteiger partial charge in [-0.25, -0.2) is 0 Å². The molecule has 1 aliphatic heterocycles. The van der Waals surface area contributed by atoms with Gasteiger partial charge in [-0.1, -0.05) is 12.1 Å². The maximum absolute atomic E-state index is 12.7. The first kappa shape index (κ1) is 17.7. The van der Waals surface area contributed by atoms with E-state index in [0.29, 0.717) is 32.8 Å². The van der Waals surface area contributed by atoms with Gasteiger partial charge in [0.05, 0.1) is 13.7 Å². The third kappa shape index (κ3) is 5.49. The molecule has 1 aromatic rings. The first-order chi connectivity index (χ1) is 11.2. The zero-order chi connectivity index (χ0) is 16.5. The highest BCUT2D eigenvalue weighted by Crippen LogP contribution is 2.16. The van der Waals surface area contributed by atoms with Crippen molar-refractivity contribution in [1.29, 1.82) is 0 Å². The molecule has 1 amide bonds. The van der Waals surface area contributed by atoms with Crippen molar-refractivity contribution in [3.8, 4) is 5.75 Å². The van der Waals surface area contributed by atoms with Gasteiger partial charge in [0.2, 0.25) is 0 Å². The Morgan fingerprint density at radius 2 is 2.30 bits per heavy atom. The monoisotopic (exact) mass is 322 g/mol. The van der Waals surface area contributed by atoms with Gasteiger partial charge in [-0.3, -0.25) is 4.79 Å². The first-order valence-electron chi connectivity index (χ1n) is 7.97. The van der Waals surface area contributed by atoms with Gasteiger partial charge < -0.3 is 24.4 Å². The van der Waals surface area contributed by atoms with Crippen molar-refractivity contribution in [2.75, 3.05) is 47.1 Å². The molecule has 2 rings (SSSR count). The van der Waals surface area contributed by atoms with Crippen molar-refractivity contribution in [3.05, 3.63) is 29.8 Å². The van der Waals surface area contributed by atoms with Crippen molar-refractivity contribution >= 4 is 5.91 Å². The van der Waals surface area contributed by atoms with Gasteiger partial charge in [0.15, 0.2) is 0 Å². The first-order valence-corrected chi connectivity index (χ1v) is 7.97. The Hall–Kier alpha value is -1.63. The minimum absolute atomic E-state index is 0.0242. The molecule has 1 heterocycles. The molecule has 0 bridgehead atoms. The summed E-state index contributed by atoms with van der Waals surface area (Å²) in [6.07, 6.45) is 0.392. The second-order valence-electron chi connectivity index (χ2n) is 5.52. The maximum atomic E-state index is 12.7. The van der Waals surface area contributed by atoms with Crippen LogP contribution in [0.5, 0.6) is 5.75 Å². The molecule has 1 saturated heterocycles. The SMILES string of the molecule is COCCCN(Cc1cccc(OC)c1)C(=O)[C@@H]1CNCCO1. The Kier molecular flexibility index (Phi) is 7.32. The lowest BCUT2D eigenvalue weighted by Gasteiger charge is -2.30. The van der Waals surface area contributed by atoms with Crippen LogP contribution in [0, 0.1) is 0 Å². The number of carbonyl (C=O) groups excluding carboxylic acids is 1. The number of ether oxygens (including phenoxy) is 3. The van der Waals surface area contributed by atoms with Gasteiger partial charge in [0.1, 0.15) is 11.9 Å². The lowest BCUT2D eigenvalue weighted by molar-refractivity contribution is -0.146. The van der Waals surface area contributed by atoms with E-state index in [2.05, 4.69) is 5.32 Å². The molecule has 128 valence electrons. The molecule has 0 unspecified atom stereocenters. The van der Waals surface area contributed by atoms with Crippen molar-refractivity contribution in [2.45, 2.75) is 19.1 Å². The summed E-state index contributed by atoms with van der Waals surface area (Å²) in [5.74, 6) is 0.818. The number of hydrogen-bond acceptors (Lipinski definition) is 5. The fourth-order valence-electron chi connectivity index (χ4n) is 2.59. The van der Waals surface area contributed by atoms with Gasteiger partial charge in [-0.05, 0) is 24.1 Å². The molecular formula is C17H26N2O4. The summed E-state index contributed by atoms with van der Waals surface area (Å²) in [6.45, 7) is 3.75. The summed E-state index contributed by atoms with van der Waals surface area (Å²) in [6, 6.07) is 7.79. The number of hydrogen-bond donors (Lipinski definition) is 1. The number of methoxy groups -OCH3 is 2. The molecule has 6 heteroatoms. The van der Waals surface area contributed by atoms with Crippen molar-refractivity contribution in [2.24, 2.45) is 0 Å². The Labute approximate surface area is 137 Å². The Bertz CT molecular complexity index is 489. The summed E-state index contributed by atoms with van der Waals surface area (Å²) < 4.78 is 16.0. The number of carbonyl (C=O) groups is 1. The topological polar surface area (TPSA) is 60.0 Å². The Morgan fingerprint density at radius 3 is 3.00 bits per heavy atom. The lowest BCUT2D eigenvalue weighted by atomic mass is 10.1. The van der Waals surface area contributed by atoms with Gasteiger partial charge in [0.25, 0.3) is 5.91 Å². The van der Waals surface area contributed by atoms with Crippen molar-refractivity contribution in [3.63, 3.8) is 0 Å². The molecule has 0 aliphatic carbocycles. The molecular weight excluding hydrogens is 296 g/mol. The van der Waals surface area contributed by atoms with Gasteiger partial charge >= 0.3 is 0 Å². The molecule has 6 nitrogen and oxygen atoms in total. The van der Waals surface area contributed by atoms with E-state index in [0.717, 1.165) is 24.3 Å². The molecule has 0 saturated carbocycles. The Morgan fingerprint density at radius 1 is 1.43 bits per heavy atom. The van der Waals surface area contributed by atoms with Gasteiger partial charge in [0, 0.05) is 39.9 Å². The van der Waals surface area contributed by atoms with Crippen molar-refractivity contribution < 1.29 is 19.0 Å². The number of rotatable bonds is 8. The van der Waals surface area contributed by atoms with Crippen LogP contribution in [-0.2, 0) is 20.8 Å². The molecule has 0 radical (unpaired) electrons. The summed E-state index contributed by atoms with van der Waals surface area (Å²) >= 11 is 0. The number of benzene rings is 1. The number of morpholine rings is 1. The average Bonchev–Trinajstić information content (AvgIpc) is 2.61. The Balaban J connectivity index is 2.04. The predicted octanol–water partition coefficient (Wildman–Crippen LogP) is 1.05. The molecule has 1 atom stereocenters. The minimum atomic E-state index is -0.406. The molecule has 1 N–H and O–H groups in total. The maximum Gasteiger partial charge on any atom is 0.253 e. The predicted molar refractivity (Wildman–Crippen MR) is 87.5 cm³/mol. The van der Waals surface area contributed by atoms with Crippen LogP contribution in [0.1, 0.15) is 12.0 Å². The van der Waals surface area contributed by atoms with Crippen LogP contribution in [0.2, 0.25) is 0 Å². The van der Waals surface area contributed by atoms with E-state index in [4.69, 9.17) is 14.2 Å². The molecule has 23 heavy (non-hydrogen) atoms. The van der Waals surface area contributed by atoms with Crippen LogP contribution in [0.25, 0.3) is 0 Å². The molecule has 0 aromatic heterocycles. The fourth-order valence-corrected chi connectivity index (χ4v) is 2.59. The average molecular weight is 322 g/mol. The largest absolute Gasteiger partial charge is 0.497 e. The van der Waals surface area contributed by atoms with E-state index in [9.17, 15) is 4.79 Å². The minimum Gasteiger partial charge on any atom is -0.497 e. The fraction of sp³-hybridized carbons (Fsp3) is 0.588. The molecule has 1 fully saturated rings. The molecule has 1 aliphatic rings. The molecule has 0 spiro atoms. The summed E-state index contributed by atoms with van der Waals surface area (Å²) in [7, 11) is 3.31. The van der Waals surface area contributed by atoms with E-state index in [1.165, 1.54) is 0 Å². The van der Waals surface area contributed by atoms with Crippen LogP contribution >= 0.6 is 0 Å². The molecule has 1 aromatic carbocycles. The highest BCUT2D eigenvalue weighted by molar-refractivity contribution is 5.81. The van der Waals surface area contributed by atoms with E-state index < -0.39 is 6.10 Å². The van der Waals surface area contributed by atoms with E-state index in [-0.39, 0.29) is 5.91 Å². The standard InChI is InChI=1S/C17H26N2O4/c1-21-9-4-8-19(17(20)16-12-18-7-10-23-16)13-14-5-3-6-15(11-14)22-2/h3,5-6,11,16,18H,4,7-10,12-13H2,1-2H3/t16-/m0/s1. The van der Waals surface area contributed by atoms with Crippen LogP contribution in [0.4, 0.5) is 0 Å². The summed E-state index contributed by atoms with van der Waals surface area (Å²) in [5, 5.41) is 3.20. The highest BCUT2D eigenvalue weighted by Gasteiger charge is 2.26. The number of nitrogens with zero attached hydrogens (tertiary/aromatic N) is 1. The lowest BCUT2D eigenvalue weighted by Crippen LogP contribution is -2.49. The third-order valence-electron chi connectivity index (χ3n) is 3.80. The highest BCUT2D eigenvalue weighted by atomic mass is 16.5. The zero-order valence-corrected chi connectivity index (χ0v) is 13.9. The zero-order valence-electron chi connectivity index (χ0n) is 13.9. The van der Waals surface area contributed by atoms with E-state index in [1.54, 1.807) is 14.2 Å². The number of amides is 1. The van der Waals surface area contributed by atoms with Gasteiger partial charge in [-0.2, -0.15) is 0 Å². The summed E-state index contributed by atoms with van der Waals surface area (Å²) in [5.41, 5.74) is 1.04. The van der Waals surface area contributed by atoms with Crippen LogP contribution in [0.3, 0.4) is 0 Å². The van der Waals surface area contributed by atoms with E-state index >= 15 is 0 Å². The third-order valence-corrected chi connectivity index (χ3v) is 3.80. The second kappa shape index (κ2) is 9.50. The van der Waals surface area contributed by atoms with Gasteiger partial charge in [-0.15, -0.1) is 0 Å². The summed E-state index contributed by atoms with van der Waals surface area (Å²) in [4.78, 5) is 14.6. The van der Waals surface area contributed by atoms with Crippen LogP contribution in [-0.4, -0.2) is 64.0 Å². The normalized spacial score (nSPS) is 17.7. The van der Waals surface area contributed by atoms with Crippen molar-refractivity contribution in [1.82, 2.24) is 10.2 Å².